The van der Waals surface area contributed by atoms with Crippen LogP contribution in [0.15, 0.2) is 53.6 Å². The third kappa shape index (κ3) is 2.84. The van der Waals surface area contributed by atoms with Gasteiger partial charge in [0.1, 0.15) is 5.75 Å². The quantitative estimate of drug-likeness (QED) is 0.867. The molecule has 23 heavy (non-hydrogen) atoms. The molecule has 3 rings (SSSR count). The molecule has 1 atom stereocenters. The van der Waals surface area contributed by atoms with Gasteiger partial charge in [0.2, 0.25) is 5.91 Å². The first-order valence-corrected chi connectivity index (χ1v) is 7.68. The lowest BCUT2D eigenvalue weighted by molar-refractivity contribution is -0.130. The fourth-order valence-corrected chi connectivity index (χ4v) is 3.04. The van der Waals surface area contributed by atoms with E-state index in [1.165, 1.54) is 0 Å². The average Bonchev–Trinajstić information content (AvgIpc) is 3.00. The van der Waals surface area contributed by atoms with Gasteiger partial charge in [-0.05, 0) is 18.6 Å². The number of hydrazone groups is 1. The zero-order chi connectivity index (χ0) is 16.4. The molecule has 0 spiro atoms. The number of rotatable bonds is 3. The molecule has 0 saturated heterocycles. The van der Waals surface area contributed by atoms with Crippen molar-refractivity contribution in [3.63, 3.8) is 0 Å². The maximum absolute atomic E-state index is 12.1. The average molecular weight is 308 g/mol. The molecule has 0 radical (unpaired) electrons. The van der Waals surface area contributed by atoms with Gasteiger partial charge in [0.05, 0.1) is 18.9 Å². The van der Waals surface area contributed by atoms with Gasteiger partial charge in [0.25, 0.3) is 0 Å². The van der Waals surface area contributed by atoms with E-state index < -0.39 is 0 Å². The minimum atomic E-state index is -0.127. The molecule has 0 fully saturated rings. The van der Waals surface area contributed by atoms with Crippen molar-refractivity contribution in [2.24, 2.45) is 5.10 Å². The molecule has 118 valence electrons. The molecule has 1 aliphatic rings. The van der Waals surface area contributed by atoms with Gasteiger partial charge in [-0.15, -0.1) is 0 Å². The highest BCUT2D eigenvalue weighted by Gasteiger charge is 2.33. The Morgan fingerprint density at radius 3 is 2.57 bits per heavy atom. The molecule has 0 bridgehead atoms. The smallest absolute Gasteiger partial charge is 0.240 e. The molecular weight excluding hydrogens is 288 g/mol. The van der Waals surface area contributed by atoms with E-state index in [4.69, 9.17) is 4.74 Å². The van der Waals surface area contributed by atoms with Crippen molar-refractivity contribution in [1.82, 2.24) is 5.01 Å². The Bertz CT molecular complexity index is 767. The summed E-state index contributed by atoms with van der Waals surface area (Å²) in [6.07, 6.45) is 0.685. The third-order valence-corrected chi connectivity index (χ3v) is 4.19. The molecule has 0 unspecified atom stereocenters. The minimum absolute atomic E-state index is 0.0653. The van der Waals surface area contributed by atoms with Gasteiger partial charge in [-0.3, -0.25) is 4.79 Å². The van der Waals surface area contributed by atoms with E-state index in [2.05, 4.69) is 24.2 Å². The minimum Gasteiger partial charge on any atom is -0.496 e. The van der Waals surface area contributed by atoms with Crippen molar-refractivity contribution in [2.45, 2.75) is 26.3 Å². The van der Waals surface area contributed by atoms with Crippen LogP contribution in [-0.4, -0.2) is 23.7 Å². The Kier molecular flexibility index (Phi) is 4.15. The molecule has 2 aromatic carbocycles. The first-order valence-electron chi connectivity index (χ1n) is 7.68. The van der Waals surface area contributed by atoms with Crippen molar-refractivity contribution in [3.8, 4) is 5.75 Å². The Balaban J connectivity index is 2.01. The lowest BCUT2D eigenvalue weighted by Gasteiger charge is -2.22. The van der Waals surface area contributed by atoms with Crippen LogP contribution < -0.4 is 4.74 Å². The van der Waals surface area contributed by atoms with Gasteiger partial charge in [0.15, 0.2) is 0 Å². The number of aryl methyl sites for hydroxylation is 1. The van der Waals surface area contributed by atoms with Gasteiger partial charge in [-0.25, -0.2) is 5.01 Å². The molecular formula is C19H20N2O2. The molecule has 1 amide bonds. The van der Waals surface area contributed by atoms with Crippen LogP contribution in [0.25, 0.3) is 0 Å². The van der Waals surface area contributed by atoms with Gasteiger partial charge in [-0.1, -0.05) is 42.5 Å². The van der Waals surface area contributed by atoms with Crippen LogP contribution in [0.3, 0.4) is 0 Å². The van der Waals surface area contributed by atoms with Crippen LogP contribution >= 0.6 is 0 Å². The Hall–Kier alpha value is -2.62. The summed E-state index contributed by atoms with van der Waals surface area (Å²) >= 11 is 0. The number of benzene rings is 2. The number of carbonyl (C=O) groups is 1. The standard InChI is InChI=1S/C19H20N2O2/c1-13-8-4-5-9-15(13)17-12-18(21(20-17)14(2)22)16-10-6-7-11-19(16)23-3/h4-11,18H,12H2,1-3H3/t18-/m0/s1. The number of ether oxygens (including phenoxy) is 1. The van der Waals surface area contributed by atoms with Crippen molar-refractivity contribution in [2.75, 3.05) is 7.11 Å². The van der Waals surface area contributed by atoms with E-state index in [0.717, 1.165) is 28.2 Å². The SMILES string of the molecule is COc1ccccc1[C@@H]1CC(c2ccccc2C)=NN1C(C)=O. The zero-order valence-corrected chi connectivity index (χ0v) is 13.6. The summed E-state index contributed by atoms with van der Waals surface area (Å²) in [5, 5.41) is 6.17. The Morgan fingerprint density at radius 2 is 1.87 bits per heavy atom. The van der Waals surface area contributed by atoms with Crippen LogP contribution in [0, 0.1) is 6.92 Å². The fourth-order valence-electron chi connectivity index (χ4n) is 3.04. The summed E-state index contributed by atoms with van der Waals surface area (Å²) < 4.78 is 5.46. The highest BCUT2D eigenvalue weighted by molar-refractivity contribution is 6.04. The van der Waals surface area contributed by atoms with E-state index in [1.807, 2.05) is 36.4 Å². The van der Waals surface area contributed by atoms with Crippen molar-refractivity contribution < 1.29 is 9.53 Å². The number of para-hydroxylation sites is 1. The first-order chi connectivity index (χ1) is 11.1. The predicted octanol–water partition coefficient (Wildman–Crippen LogP) is 3.70. The lowest BCUT2D eigenvalue weighted by atomic mass is 9.95. The predicted molar refractivity (Wildman–Crippen MR) is 90.6 cm³/mol. The number of carbonyl (C=O) groups excluding carboxylic acids is 1. The normalized spacial score (nSPS) is 17.1. The number of hydrogen-bond acceptors (Lipinski definition) is 3. The van der Waals surface area contributed by atoms with E-state index in [-0.39, 0.29) is 11.9 Å². The monoisotopic (exact) mass is 308 g/mol. The molecule has 4 nitrogen and oxygen atoms in total. The summed E-state index contributed by atoms with van der Waals surface area (Å²) in [5.74, 6) is 0.717. The second-order valence-electron chi connectivity index (χ2n) is 5.69. The maximum atomic E-state index is 12.1. The third-order valence-electron chi connectivity index (χ3n) is 4.19. The summed E-state index contributed by atoms with van der Waals surface area (Å²) in [6.45, 7) is 3.61. The molecule has 0 saturated carbocycles. The van der Waals surface area contributed by atoms with Crippen molar-refractivity contribution in [3.05, 3.63) is 65.2 Å². The van der Waals surface area contributed by atoms with Gasteiger partial charge in [0, 0.05) is 24.5 Å². The second-order valence-corrected chi connectivity index (χ2v) is 5.69. The summed E-state index contributed by atoms with van der Waals surface area (Å²) in [5.41, 5.74) is 4.18. The van der Waals surface area contributed by atoms with Gasteiger partial charge >= 0.3 is 0 Å². The first kappa shape index (κ1) is 15.3. The topological polar surface area (TPSA) is 41.9 Å². The molecule has 1 heterocycles. The Morgan fingerprint density at radius 1 is 1.17 bits per heavy atom. The number of hydrogen-bond donors (Lipinski definition) is 0. The van der Waals surface area contributed by atoms with E-state index >= 15 is 0 Å². The van der Waals surface area contributed by atoms with Gasteiger partial charge < -0.3 is 4.74 Å². The number of amides is 1. The Labute approximate surface area is 136 Å². The number of nitrogens with zero attached hydrogens (tertiary/aromatic N) is 2. The van der Waals surface area contributed by atoms with E-state index in [9.17, 15) is 4.79 Å². The summed E-state index contributed by atoms with van der Waals surface area (Å²) in [6, 6.07) is 15.8. The van der Waals surface area contributed by atoms with Crippen LogP contribution in [0.1, 0.15) is 36.1 Å². The summed E-state index contributed by atoms with van der Waals surface area (Å²) in [4.78, 5) is 12.1. The molecule has 4 heteroatoms. The maximum Gasteiger partial charge on any atom is 0.240 e. The van der Waals surface area contributed by atoms with Crippen LogP contribution in [0.5, 0.6) is 5.75 Å². The molecule has 2 aromatic rings. The van der Waals surface area contributed by atoms with Gasteiger partial charge in [-0.2, -0.15) is 5.10 Å². The van der Waals surface area contributed by atoms with E-state index in [1.54, 1.807) is 19.0 Å². The van der Waals surface area contributed by atoms with Crippen molar-refractivity contribution >= 4 is 11.6 Å². The molecule has 0 aromatic heterocycles. The lowest BCUT2D eigenvalue weighted by Crippen LogP contribution is -2.24. The molecule has 0 aliphatic carbocycles. The van der Waals surface area contributed by atoms with E-state index in [0.29, 0.717) is 6.42 Å². The molecule has 1 aliphatic heterocycles. The largest absolute Gasteiger partial charge is 0.496 e. The zero-order valence-electron chi connectivity index (χ0n) is 13.6. The number of methoxy groups -OCH3 is 1. The fraction of sp³-hybridized carbons (Fsp3) is 0.263. The highest BCUT2D eigenvalue weighted by atomic mass is 16.5. The van der Waals surface area contributed by atoms with Crippen LogP contribution in [-0.2, 0) is 4.79 Å². The van der Waals surface area contributed by atoms with Crippen LogP contribution in [0.4, 0.5) is 0 Å². The van der Waals surface area contributed by atoms with Crippen LogP contribution in [0.2, 0.25) is 0 Å². The second kappa shape index (κ2) is 6.24. The summed E-state index contributed by atoms with van der Waals surface area (Å²) in [7, 11) is 1.65. The molecule has 0 N–H and O–H groups in total. The highest BCUT2D eigenvalue weighted by Crippen LogP contribution is 2.37. The van der Waals surface area contributed by atoms with Crippen molar-refractivity contribution in [1.29, 1.82) is 0 Å².